The summed E-state index contributed by atoms with van der Waals surface area (Å²) in [6.45, 7) is 2.65. The van der Waals surface area contributed by atoms with Crippen molar-refractivity contribution in [1.29, 1.82) is 0 Å². The van der Waals surface area contributed by atoms with Crippen molar-refractivity contribution in [3.63, 3.8) is 0 Å². The van der Waals surface area contributed by atoms with Crippen molar-refractivity contribution in [3.8, 4) is 0 Å². The van der Waals surface area contributed by atoms with Crippen molar-refractivity contribution in [2.24, 2.45) is 0 Å². The summed E-state index contributed by atoms with van der Waals surface area (Å²) in [5.41, 5.74) is 0. The third-order valence-corrected chi connectivity index (χ3v) is 3.52. The zero-order valence-electron chi connectivity index (χ0n) is 5.88. The first-order chi connectivity index (χ1) is 3.81. The fourth-order valence-corrected chi connectivity index (χ4v) is 0.352. The molecule has 0 saturated carbocycles. The molecule has 0 fully saturated rings. The average molecular weight is 152 g/mol. The zero-order chi connectivity index (χ0) is 7.71. The summed E-state index contributed by atoms with van der Waals surface area (Å²) in [5, 5.41) is 8.55. The molecular formula is C5H12O3S. The smallest absolute Gasteiger partial charge is 0.154 e. The van der Waals surface area contributed by atoms with Gasteiger partial charge in [0.15, 0.2) is 9.84 Å². The predicted octanol–water partition coefficient (Wildman–Crippen LogP) is -0.198. The number of aliphatic hydroxyl groups is 1. The van der Waals surface area contributed by atoms with E-state index >= 15 is 0 Å². The van der Waals surface area contributed by atoms with Gasteiger partial charge in [-0.15, -0.1) is 0 Å². The Morgan fingerprint density at radius 3 is 1.78 bits per heavy atom. The van der Waals surface area contributed by atoms with Gasteiger partial charge in [-0.1, -0.05) is 0 Å². The lowest BCUT2D eigenvalue weighted by atomic mass is 10.2. The highest BCUT2D eigenvalue weighted by Crippen LogP contribution is 2.12. The molecule has 3 nitrogen and oxygen atoms in total. The largest absolute Gasteiger partial charge is 0.395 e. The minimum atomic E-state index is -3.10. The van der Waals surface area contributed by atoms with E-state index in [0.29, 0.717) is 0 Å². The fourth-order valence-electron chi connectivity index (χ4n) is 0.117. The number of hydrogen-bond donors (Lipinski definition) is 1. The SMILES string of the molecule is CC(C)(CO)S(C)(=O)=O. The maximum Gasteiger partial charge on any atom is 0.154 e. The van der Waals surface area contributed by atoms with Gasteiger partial charge in [0.25, 0.3) is 0 Å². The van der Waals surface area contributed by atoms with E-state index in [2.05, 4.69) is 0 Å². The second-order valence-corrected chi connectivity index (χ2v) is 5.34. The van der Waals surface area contributed by atoms with Gasteiger partial charge in [0.05, 0.1) is 11.4 Å². The van der Waals surface area contributed by atoms with Gasteiger partial charge in [0.1, 0.15) is 0 Å². The van der Waals surface area contributed by atoms with Crippen LogP contribution in [0, 0.1) is 0 Å². The second kappa shape index (κ2) is 2.27. The molecule has 56 valence electrons. The summed E-state index contributed by atoms with van der Waals surface area (Å²) in [6, 6.07) is 0. The molecule has 0 radical (unpaired) electrons. The number of rotatable bonds is 2. The van der Waals surface area contributed by atoms with Gasteiger partial charge in [-0.3, -0.25) is 0 Å². The van der Waals surface area contributed by atoms with Crippen LogP contribution < -0.4 is 0 Å². The molecule has 0 bridgehead atoms. The number of aliphatic hydroxyl groups excluding tert-OH is 1. The lowest BCUT2D eigenvalue weighted by Crippen LogP contribution is -2.34. The van der Waals surface area contributed by atoms with Crippen LogP contribution >= 0.6 is 0 Å². The van der Waals surface area contributed by atoms with Crippen molar-refractivity contribution in [3.05, 3.63) is 0 Å². The highest BCUT2D eigenvalue weighted by atomic mass is 32.2. The van der Waals surface area contributed by atoms with E-state index in [1.807, 2.05) is 0 Å². The molecule has 0 spiro atoms. The molecule has 1 N–H and O–H groups in total. The third-order valence-electron chi connectivity index (χ3n) is 1.38. The van der Waals surface area contributed by atoms with Crippen LogP contribution in [0.1, 0.15) is 13.8 Å². The first kappa shape index (κ1) is 8.91. The van der Waals surface area contributed by atoms with Gasteiger partial charge in [-0.2, -0.15) is 0 Å². The van der Waals surface area contributed by atoms with Gasteiger partial charge in [-0.25, -0.2) is 8.42 Å². The minimum Gasteiger partial charge on any atom is -0.395 e. The molecule has 0 aliphatic carbocycles. The Bertz CT molecular complexity index is 178. The summed E-state index contributed by atoms with van der Waals surface area (Å²) in [7, 11) is -3.10. The number of hydrogen-bond acceptors (Lipinski definition) is 3. The van der Waals surface area contributed by atoms with Crippen molar-refractivity contribution in [2.75, 3.05) is 12.9 Å². The quantitative estimate of drug-likeness (QED) is 0.596. The van der Waals surface area contributed by atoms with E-state index in [-0.39, 0.29) is 6.61 Å². The van der Waals surface area contributed by atoms with Crippen LogP contribution in [0.4, 0.5) is 0 Å². The summed E-state index contributed by atoms with van der Waals surface area (Å²) in [6.07, 6.45) is 1.11. The van der Waals surface area contributed by atoms with Crippen LogP contribution in [0.5, 0.6) is 0 Å². The van der Waals surface area contributed by atoms with Crippen LogP contribution in [-0.4, -0.2) is 31.1 Å². The molecule has 0 saturated heterocycles. The van der Waals surface area contributed by atoms with E-state index in [9.17, 15) is 8.42 Å². The Morgan fingerprint density at radius 2 is 1.78 bits per heavy atom. The first-order valence-electron chi connectivity index (χ1n) is 2.62. The van der Waals surface area contributed by atoms with E-state index < -0.39 is 14.6 Å². The van der Waals surface area contributed by atoms with Crippen LogP contribution in [0.3, 0.4) is 0 Å². The van der Waals surface area contributed by atoms with Crippen molar-refractivity contribution in [1.82, 2.24) is 0 Å². The lowest BCUT2D eigenvalue weighted by molar-refractivity contribution is 0.258. The molecular weight excluding hydrogens is 140 g/mol. The standard InChI is InChI=1S/C5H12O3S/c1-5(2,4-6)9(3,7)8/h6H,4H2,1-3H3. The van der Waals surface area contributed by atoms with E-state index in [1.165, 1.54) is 13.8 Å². The summed E-state index contributed by atoms with van der Waals surface area (Å²) < 4.78 is 20.5. The van der Waals surface area contributed by atoms with E-state index in [1.54, 1.807) is 0 Å². The predicted molar refractivity (Wildman–Crippen MR) is 36.0 cm³/mol. The topological polar surface area (TPSA) is 54.4 Å². The molecule has 9 heavy (non-hydrogen) atoms. The molecule has 0 aliphatic heterocycles. The normalized spacial score (nSPS) is 13.8. The van der Waals surface area contributed by atoms with Gasteiger partial charge in [0.2, 0.25) is 0 Å². The average Bonchev–Trinajstić information content (AvgIpc) is 1.64. The monoisotopic (exact) mass is 152 g/mol. The van der Waals surface area contributed by atoms with Crippen molar-refractivity contribution in [2.45, 2.75) is 18.6 Å². The maximum atomic E-state index is 10.7. The molecule has 0 rings (SSSR count). The Labute approximate surface area is 55.6 Å². The molecule has 0 amide bonds. The number of sulfone groups is 1. The Hall–Kier alpha value is -0.0900. The van der Waals surface area contributed by atoms with Gasteiger partial charge in [-0.05, 0) is 13.8 Å². The molecule has 0 aromatic rings. The summed E-state index contributed by atoms with van der Waals surface area (Å²) in [5.74, 6) is 0. The highest BCUT2D eigenvalue weighted by molar-refractivity contribution is 7.92. The third kappa shape index (κ3) is 1.95. The molecule has 0 aliphatic rings. The van der Waals surface area contributed by atoms with Gasteiger partial charge < -0.3 is 5.11 Å². The minimum absolute atomic E-state index is 0.328. The first-order valence-corrected chi connectivity index (χ1v) is 4.51. The molecule has 4 heteroatoms. The molecule has 0 aromatic heterocycles. The van der Waals surface area contributed by atoms with Crippen LogP contribution in [-0.2, 0) is 9.84 Å². The lowest BCUT2D eigenvalue weighted by Gasteiger charge is -2.18. The summed E-state index contributed by atoms with van der Waals surface area (Å²) >= 11 is 0. The summed E-state index contributed by atoms with van der Waals surface area (Å²) in [4.78, 5) is 0. The highest BCUT2D eigenvalue weighted by Gasteiger charge is 2.28. The Morgan fingerprint density at radius 1 is 1.44 bits per heavy atom. The Balaban J connectivity index is 4.56. The van der Waals surface area contributed by atoms with Crippen LogP contribution in [0.2, 0.25) is 0 Å². The van der Waals surface area contributed by atoms with Crippen LogP contribution in [0.15, 0.2) is 0 Å². The maximum absolute atomic E-state index is 10.7. The van der Waals surface area contributed by atoms with E-state index in [0.717, 1.165) is 6.26 Å². The van der Waals surface area contributed by atoms with E-state index in [4.69, 9.17) is 5.11 Å². The zero-order valence-corrected chi connectivity index (χ0v) is 6.70. The molecule has 0 unspecified atom stereocenters. The van der Waals surface area contributed by atoms with Gasteiger partial charge >= 0.3 is 0 Å². The van der Waals surface area contributed by atoms with Crippen LogP contribution in [0.25, 0.3) is 0 Å². The van der Waals surface area contributed by atoms with Crippen molar-refractivity contribution < 1.29 is 13.5 Å². The second-order valence-electron chi connectivity index (χ2n) is 2.69. The Kier molecular flexibility index (Phi) is 2.24. The molecule has 0 heterocycles. The fraction of sp³-hybridized carbons (Fsp3) is 1.00. The molecule has 0 atom stereocenters. The van der Waals surface area contributed by atoms with Crippen molar-refractivity contribution >= 4 is 9.84 Å². The molecule has 0 aromatic carbocycles. The van der Waals surface area contributed by atoms with Gasteiger partial charge in [0, 0.05) is 6.26 Å².